The summed E-state index contributed by atoms with van der Waals surface area (Å²) >= 11 is 0. The van der Waals surface area contributed by atoms with Gasteiger partial charge in [-0.2, -0.15) is 0 Å². The lowest BCUT2D eigenvalue weighted by Crippen LogP contribution is -2.24. The van der Waals surface area contributed by atoms with Crippen LogP contribution >= 0.6 is 0 Å². The van der Waals surface area contributed by atoms with E-state index in [4.69, 9.17) is 4.74 Å². The predicted octanol–water partition coefficient (Wildman–Crippen LogP) is 4.09. The molecule has 0 fully saturated rings. The van der Waals surface area contributed by atoms with Crippen molar-refractivity contribution < 1.29 is 9.53 Å². The van der Waals surface area contributed by atoms with Gasteiger partial charge in [-0.1, -0.05) is 31.2 Å². The van der Waals surface area contributed by atoms with Crippen LogP contribution < -0.4 is 15.4 Å². The highest BCUT2D eigenvalue weighted by Gasteiger charge is 2.05. The number of rotatable bonds is 10. The van der Waals surface area contributed by atoms with Gasteiger partial charge in [0.1, 0.15) is 12.4 Å². The molecule has 0 atom stereocenters. The first-order valence-corrected chi connectivity index (χ1v) is 9.93. The van der Waals surface area contributed by atoms with Crippen LogP contribution in [-0.2, 0) is 19.7 Å². The second-order valence-corrected chi connectivity index (χ2v) is 6.85. The zero-order chi connectivity index (χ0) is 20.3. The summed E-state index contributed by atoms with van der Waals surface area (Å²) < 4.78 is 5.80. The molecule has 0 saturated carbocycles. The van der Waals surface area contributed by atoms with Crippen LogP contribution in [0.1, 0.15) is 40.4 Å². The first-order valence-electron chi connectivity index (χ1n) is 9.93. The van der Waals surface area contributed by atoms with E-state index in [-0.39, 0.29) is 5.91 Å². The summed E-state index contributed by atoms with van der Waals surface area (Å²) in [5.74, 6) is 0.826. The van der Waals surface area contributed by atoms with Gasteiger partial charge in [-0.3, -0.25) is 9.78 Å². The number of hydrogen-bond acceptors (Lipinski definition) is 4. The number of amides is 1. The second kappa shape index (κ2) is 11.0. The molecule has 2 N–H and O–H groups in total. The summed E-state index contributed by atoms with van der Waals surface area (Å²) in [7, 11) is 0. The maximum atomic E-state index is 12.1. The maximum absolute atomic E-state index is 12.1. The monoisotopic (exact) mass is 389 g/mol. The van der Waals surface area contributed by atoms with Gasteiger partial charge in [0.15, 0.2) is 0 Å². The normalized spacial score (nSPS) is 10.5. The summed E-state index contributed by atoms with van der Waals surface area (Å²) in [5.41, 5.74) is 4.06. The summed E-state index contributed by atoms with van der Waals surface area (Å²) in [4.78, 5) is 16.1. The number of ether oxygens (including phenoxy) is 1. The first-order chi connectivity index (χ1) is 14.2. The van der Waals surface area contributed by atoms with Crippen molar-refractivity contribution in [3.8, 4) is 5.75 Å². The van der Waals surface area contributed by atoms with E-state index in [1.54, 1.807) is 12.4 Å². The van der Waals surface area contributed by atoms with Crippen molar-refractivity contribution in [3.05, 3.63) is 95.3 Å². The molecule has 2 aromatic carbocycles. The molecule has 0 saturated heterocycles. The standard InChI is InChI=1S/C24H27N3O2/c1-2-12-27-24(28)22-5-3-4-21(15-22)17-26-16-19-6-8-23(9-7-19)29-18-20-10-13-25-14-11-20/h3-11,13-15,26H,2,12,16-18H2,1H3,(H,27,28). The minimum Gasteiger partial charge on any atom is -0.489 e. The van der Waals surface area contributed by atoms with Gasteiger partial charge in [-0.25, -0.2) is 0 Å². The van der Waals surface area contributed by atoms with Crippen molar-refractivity contribution in [2.24, 2.45) is 0 Å². The Labute approximate surface area is 172 Å². The highest BCUT2D eigenvalue weighted by Crippen LogP contribution is 2.14. The predicted molar refractivity (Wildman–Crippen MR) is 115 cm³/mol. The van der Waals surface area contributed by atoms with Gasteiger partial charge in [0.25, 0.3) is 5.91 Å². The van der Waals surface area contributed by atoms with Crippen molar-refractivity contribution in [2.75, 3.05) is 6.54 Å². The lowest BCUT2D eigenvalue weighted by Gasteiger charge is -2.09. The third kappa shape index (κ3) is 6.73. The Kier molecular flexibility index (Phi) is 7.78. The number of carbonyl (C=O) groups is 1. The number of hydrogen-bond donors (Lipinski definition) is 2. The van der Waals surface area contributed by atoms with E-state index in [0.29, 0.717) is 25.3 Å². The molecule has 5 nitrogen and oxygen atoms in total. The average Bonchev–Trinajstić information content (AvgIpc) is 2.78. The number of nitrogens with zero attached hydrogens (tertiary/aromatic N) is 1. The molecule has 3 rings (SSSR count). The molecule has 0 aliphatic heterocycles. The van der Waals surface area contributed by atoms with Crippen molar-refractivity contribution in [1.82, 2.24) is 15.6 Å². The molecule has 29 heavy (non-hydrogen) atoms. The molecule has 1 aromatic heterocycles. The Morgan fingerprint density at radius 3 is 2.45 bits per heavy atom. The van der Waals surface area contributed by atoms with Gasteiger partial charge in [0.05, 0.1) is 0 Å². The quantitative estimate of drug-likeness (QED) is 0.548. The fourth-order valence-corrected chi connectivity index (χ4v) is 2.86. The van der Waals surface area contributed by atoms with Crippen molar-refractivity contribution in [2.45, 2.75) is 33.0 Å². The second-order valence-electron chi connectivity index (χ2n) is 6.85. The molecule has 1 amide bonds. The molecular weight excluding hydrogens is 362 g/mol. The molecule has 1 heterocycles. The largest absolute Gasteiger partial charge is 0.489 e. The third-order valence-corrected chi connectivity index (χ3v) is 4.46. The van der Waals surface area contributed by atoms with Crippen LogP contribution in [0.2, 0.25) is 0 Å². The van der Waals surface area contributed by atoms with Crippen molar-refractivity contribution in [1.29, 1.82) is 0 Å². The topological polar surface area (TPSA) is 63.2 Å². The lowest BCUT2D eigenvalue weighted by atomic mass is 10.1. The average molecular weight is 389 g/mol. The van der Waals surface area contributed by atoms with Gasteiger partial charge < -0.3 is 15.4 Å². The maximum Gasteiger partial charge on any atom is 0.251 e. The molecule has 0 aliphatic rings. The fraction of sp³-hybridized carbons (Fsp3) is 0.250. The molecule has 0 spiro atoms. The minimum atomic E-state index is -0.0175. The number of aromatic nitrogens is 1. The molecule has 0 radical (unpaired) electrons. The summed E-state index contributed by atoms with van der Waals surface area (Å²) in [6, 6.07) is 19.7. The van der Waals surface area contributed by atoms with Crippen LogP contribution in [0.5, 0.6) is 5.75 Å². The number of nitrogens with one attached hydrogen (secondary N) is 2. The Hall–Kier alpha value is -3.18. The zero-order valence-electron chi connectivity index (χ0n) is 16.7. The molecule has 0 bridgehead atoms. The van der Waals surface area contributed by atoms with E-state index in [9.17, 15) is 4.79 Å². The van der Waals surface area contributed by atoms with Crippen molar-refractivity contribution >= 4 is 5.91 Å². The number of carbonyl (C=O) groups excluding carboxylic acids is 1. The Morgan fingerprint density at radius 2 is 1.69 bits per heavy atom. The molecule has 0 aliphatic carbocycles. The fourth-order valence-electron chi connectivity index (χ4n) is 2.86. The van der Waals surface area contributed by atoms with Crippen LogP contribution in [0.3, 0.4) is 0 Å². The van der Waals surface area contributed by atoms with Gasteiger partial charge >= 0.3 is 0 Å². The number of pyridine rings is 1. The van der Waals surface area contributed by atoms with Crippen LogP contribution in [0, 0.1) is 0 Å². The van der Waals surface area contributed by atoms with Crippen molar-refractivity contribution in [3.63, 3.8) is 0 Å². The van der Waals surface area contributed by atoms with Gasteiger partial charge in [0.2, 0.25) is 0 Å². The highest BCUT2D eigenvalue weighted by atomic mass is 16.5. The van der Waals surface area contributed by atoms with Crippen LogP contribution in [0.15, 0.2) is 73.1 Å². The molecule has 0 unspecified atom stereocenters. The van der Waals surface area contributed by atoms with Gasteiger partial charge in [-0.05, 0) is 59.5 Å². The Bertz CT molecular complexity index is 896. The molecule has 150 valence electrons. The van der Waals surface area contributed by atoms with E-state index in [1.165, 1.54) is 5.56 Å². The van der Waals surface area contributed by atoms with Crippen LogP contribution in [-0.4, -0.2) is 17.4 Å². The molecule has 5 heteroatoms. The third-order valence-electron chi connectivity index (χ3n) is 4.46. The Balaban J connectivity index is 1.45. The molecular formula is C24H27N3O2. The summed E-state index contributed by atoms with van der Waals surface area (Å²) in [6.45, 7) is 4.72. The van der Waals surface area contributed by atoms with Crippen LogP contribution in [0.4, 0.5) is 0 Å². The van der Waals surface area contributed by atoms with Gasteiger partial charge in [-0.15, -0.1) is 0 Å². The van der Waals surface area contributed by atoms with E-state index in [0.717, 1.165) is 29.8 Å². The summed E-state index contributed by atoms with van der Waals surface area (Å²) in [5, 5.41) is 6.33. The number of benzene rings is 2. The van der Waals surface area contributed by atoms with E-state index in [2.05, 4.69) is 27.8 Å². The van der Waals surface area contributed by atoms with E-state index < -0.39 is 0 Å². The van der Waals surface area contributed by atoms with Gasteiger partial charge in [0, 0.05) is 37.6 Å². The SMILES string of the molecule is CCCNC(=O)c1cccc(CNCc2ccc(OCc3ccncc3)cc2)c1. The zero-order valence-corrected chi connectivity index (χ0v) is 16.7. The summed E-state index contributed by atoms with van der Waals surface area (Å²) in [6.07, 6.45) is 4.46. The smallest absolute Gasteiger partial charge is 0.251 e. The first kappa shape index (κ1) is 20.6. The van der Waals surface area contributed by atoms with Crippen LogP contribution in [0.25, 0.3) is 0 Å². The van der Waals surface area contributed by atoms with E-state index in [1.807, 2.05) is 55.5 Å². The highest BCUT2D eigenvalue weighted by molar-refractivity contribution is 5.94. The minimum absolute atomic E-state index is 0.0175. The Morgan fingerprint density at radius 1 is 0.931 bits per heavy atom. The van der Waals surface area contributed by atoms with E-state index >= 15 is 0 Å². The lowest BCUT2D eigenvalue weighted by molar-refractivity contribution is 0.0953. The molecule has 3 aromatic rings.